The van der Waals surface area contributed by atoms with Crippen molar-refractivity contribution in [2.75, 3.05) is 38.1 Å². The van der Waals surface area contributed by atoms with Crippen molar-refractivity contribution >= 4 is 11.9 Å². The summed E-state index contributed by atoms with van der Waals surface area (Å²) in [6, 6.07) is 8.40. The van der Waals surface area contributed by atoms with E-state index in [0.29, 0.717) is 0 Å². The van der Waals surface area contributed by atoms with Crippen LogP contribution in [0, 0.1) is 0 Å². The summed E-state index contributed by atoms with van der Waals surface area (Å²) in [4.78, 5) is 9.30. The van der Waals surface area contributed by atoms with E-state index in [-0.39, 0.29) is 12.1 Å². The molecule has 2 aliphatic rings. The first-order valence-corrected chi connectivity index (χ1v) is 9.29. The van der Waals surface area contributed by atoms with Crippen LogP contribution in [-0.4, -0.2) is 56.5 Å². The predicted molar refractivity (Wildman–Crippen MR) is 105 cm³/mol. The molecule has 1 fully saturated rings. The van der Waals surface area contributed by atoms with Crippen molar-refractivity contribution in [2.45, 2.75) is 38.8 Å². The number of benzene rings is 1. The molecule has 0 amide bonds. The average Bonchev–Trinajstić information content (AvgIpc) is 2.62. The van der Waals surface area contributed by atoms with Gasteiger partial charge < -0.3 is 20.3 Å². The first kappa shape index (κ1) is 18.0. The lowest BCUT2D eigenvalue weighted by Crippen LogP contribution is -2.44. The lowest BCUT2D eigenvalue weighted by Gasteiger charge is -2.34. The summed E-state index contributed by atoms with van der Waals surface area (Å²) < 4.78 is 6.35. The minimum Gasteiger partial charge on any atom is -0.486 e. The minimum absolute atomic E-state index is 0.0336. The number of ether oxygens (including phenoxy) is 1. The summed E-state index contributed by atoms with van der Waals surface area (Å²) in [5, 5.41) is 0. The van der Waals surface area contributed by atoms with Crippen molar-refractivity contribution in [1.82, 2.24) is 4.90 Å². The van der Waals surface area contributed by atoms with Gasteiger partial charge in [0.05, 0.1) is 5.70 Å². The van der Waals surface area contributed by atoms with Crippen LogP contribution in [0.5, 0.6) is 5.75 Å². The highest BCUT2D eigenvalue weighted by Gasteiger charge is 2.23. The maximum atomic E-state index is 6.35. The average molecular weight is 342 g/mol. The second-order valence-corrected chi connectivity index (χ2v) is 6.99. The molecule has 1 aromatic rings. The normalized spacial score (nSPS) is 23.0. The standard InChI is InChI=1S/C20H30N4O/c1-4-18-19(8-9-22-20(18)15(2)21)25-17-7-5-6-16(14-17)24-12-10-23(3)11-13-24/h5-7,9,14-15,19H,4,8,10-13,21H2,1-3H3. The second-order valence-electron chi connectivity index (χ2n) is 6.99. The Morgan fingerprint density at radius 2 is 2.04 bits per heavy atom. The van der Waals surface area contributed by atoms with Gasteiger partial charge in [-0.05, 0) is 38.1 Å². The maximum Gasteiger partial charge on any atom is 0.127 e. The minimum atomic E-state index is -0.0609. The monoisotopic (exact) mass is 342 g/mol. The fourth-order valence-electron chi connectivity index (χ4n) is 3.56. The van der Waals surface area contributed by atoms with Gasteiger partial charge in [-0.1, -0.05) is 13.0 Å². The summed E-state index contributed by atoms with van der Waals surface area (Å²) >= 11 is 0. The summed E-state index contributed by atoms with van der Waals surface area (Å²) in [6.07, 6.45) is 3.69. The zero-order chi connectivity index (χ0) is 17.8. The van der Waals surface area contributed by atoms with Crippen LogP contribution in [0.2, 0.25) is 0 Å². The van der Waals surface area contributed by atoms with Crippen molar-refractivity contribution in [1.29, 1.82) is 0 Å². The molecule has 2 N–H and O–H groups in total. The summed E-state index contributed by atoms with van der Waals surface area (Å²) in [5.74, 6) is 0.923. The quantitative estimate of drug-likeness (QED) is 0.894. The summed E-state index contributed by atoms with van der Waals surface area (Å²) in [5.41, 5.74) is 9.53. The van der Waals surface area contributed by atoms with Crippen LogP contribution in [-0.2, 0) is 0 Å². The summed E-state index contributed by atoms with van der Waals surface area (Å²) in [7, 11) is 2.18. The van der Waals surface area contributed by atoms with Crippen LogP contribution in [0.3, 0.4) is 0 Å². The molecule has 3 rings (SSSR count). The smallest absolute Gasteiger partial charge is 0.127 e. The van der Waals surface area contributed by atoms with Crippen LogP contribution in [0.15, 0.2) is 40.5 Å². The molecule has 5 heteroatoms. The molecule has 2 atom stereocenters. The fourth-order valence-corrected chi connectivity index (χ4v) is 3.56. The molecule has 0 bridgehead atoms. The molecular formula is C20H30N4O. The zero-order valence-corrected chi connectivity index (χ0v) is 15.6. The van der Waals surface area contributed by atoms with E-state index in [1.807, 2.05) is 19.2 Å². The number of hydrogen-bond donors (Lipinski definition) is 1. The molecule has 0 aromatic heterocycles. The van der Waals surface area contributed by atoms with Crippen molar-refractivity contribution in [3.8, 4) is 5.75 Å². The second kappa shape index (κ2) is 8.02. The van der Waals surface area contributed by atoms with Gasteiger partial charge in [-0.15, -0.1) is 0 Å². The molecule has 2 aliphatic heterocycles. The number of likely N-dealkylation sites (N-methyl/N-ethyl adjacent to an activating group) is 1. The van der Waals surface area contributed by atoms with Crippen LogP contribution in [0.1, 0.15) is 26.7 Å². The molecule has 0 spiro atoms. The number of anilines is 1. The van der Waals surface area contributed by atoms with Crippen LogP contribution in [0.25, 0.3) is 0 Å². The molecule has 136 valence electrons. The van der Waals surface area contributed by atoms with Crippen molar-refractivity contribution in [2.24, 2.45) is 10.7 Å². The van der Waals surface area contributed by atoms with Gasteiger partial charge in [-0.25, -0.2) is 0 Å². The van der Waals surface area contributed by atoms with E-state index in [9.17, 15) is 0 Å². The summed E-state index contributed by atoms with van der Waals surface area (Å²) in [6.45, 7) is 8.46. The zero-order valence-electron chi connectivity index (χ0n) is 15.6. The van der Waals surface area contributed by atoms with E-state index < -0.39 is 0 Å². The van der Waals surface area contributed by atoms with Crippen molar-refractivity contribution in [3.63, 3.8) is 0 Å². The Hall–Kier alpha value is -1.85. The van der Waals surface area contributed by atoms with Gasteiger partial charge in [0.2, 0.25) is 0 Å². The Morgan fingerprint density at radius 1 is 1.28 bits per heavy atom. The first-order valence-electron chi connectivity index (χ1n) is 9.29. The molecule has 1 aromatic carbocycles. The third-order valence-corrected chi connectivity index (χ3v) is 5.04. The molecule has 5 nitrogen and oxygen atoms in total. The van der Waals surface area contributed by atoms with Crippen LogP contribution < -0.4 is 15.4 Å². The van der Waals surface area contributed by atoms with Gasteiger partial charge in [0.25, 0.3) is 0 Å². The molecular weight excluding hydrogens is 312 g/mol. The van der Waals surface area contributed by atoms with Crippen LogP contribution in [0.4, 0.5) is 5.69 Å². The van der Waals surface area contributed by atoms with Gasteiger partial charge in [0.15, 0.2) is 0 Å². The van der Waals surface area contributed by atoms with E-state index in [2.05, 4.69) is 47.0 Å². The highest BCUT2D eigenvalue weighted by atomic mass is 16.5. The Kier molecular flexibility index (Phi) is 5.76. The molecule has 0 aliphatic carbocycles. The number of hydrogen-bond acceptors (Lipinski definition) is 5. The lowest BCUT2D eigenvalue weighted by molar-refractivity contribution is 0.238. The van der Waals surface area contributed by atoms with Gasteiger partial charge in [0.1, 0.15) is 11.9 Å². The molecule has 25 heavy (non-hydrogen) atoms. The highest BCUT2D eigenvalue weighted by Crippen LogP contribution is 2.29. The SMILES string of the molecule is CCC1=C(C(C)N)N=CCC1Oc1cccc(N2CCN(C)CC2)c1. The largest absolute Gasteiger partial charge is 0.486 e. The van der Waals surface area contributed by atoms with E-state index in [0.717, 1.165) is 50.5 Å². The number of nitrogens with two attached hydrogens (primary N) is 1. The maximum absolute atomic E-state index is 6.35. The van der Waals surface area contributed by atoms with E-state index >= 15 is 0 Å². The first-order chi connectivity index (χ1) is 12.1. The highest BCUT2D eigenvalue weighted by molar-refractivity contribution is 5.64. The molecule has 1 saturated heterocycles. The molecule has 2 unspecified atom stereocenters. The number of aliphatic imine (C=N–C) groups is 1. The third kappa shape index (κ3) is 4.22. The van der Waals surface area contributed by atoms with Crippen molar-refractivity contribution in [3.05, 3.63) is 35.5 Å². The van der Waals surface area contributed by atoms with E-state index in [4.69, 9.17) is 10.5 Å². The molecule has 2 heterocycles. The Bertz CT molecular complexity index is 645. The van der Waals surface area contributed by atoms with E-state index in [1.54, 1.807) is 0 Å². The van der Waals surface area contributed by atoms with E-state index in [1.165, 1.54) is 11.3 Å². The lowest BCUT2D eigenvalue weighted by atomic mass is 9.97. The topological polar surface area (TPSA) is 54.1 Å². The van der Waals surface area contributed by atoms with Gasteiger partial charge in [0, 0.05) is 56.6 Å². The molecule has 0 radical (unpaired) electrons. The van der Waals surface area contributed by atoms with Crippen LogP contribution >= 0.6 is 0 Å². The van der Waals surface area contributed by atoms with Gasteiger partial charge in [-0.2, -0.15) is 0 Å². The fraction of sp³-hybridized carbons (Fsp3) is 0.550. The number of rotatable bonds is 5. The van der Waals surface area contributed by atoms with Crippen molar-refractivity contribution < 1.29 is 4.74 Å². The predicted octanol–water partition coefficient (Wildman–Crippen LogP) is 2.67. The Morgan fingerprint density at radius 3 is 2.72 bits per heavy atom. The Balaban J connectivity index is 1.75. The Labute approximate surface area is 151 Å². The number of nitrogens with zero attached hydrogens (tertiary/aromatic N) is 3. The third-order valence-electron chi connectivity index (χ3n) is 5.04. The van der Waals surface area contributed by atoms with Gasteiger partial charge in [-0.3, -0.25) is 4.99 Å². The van der Waals surface area contributed by atoms with Gasteiger partial charge >= 0.3 is 0 Å². The molecule has 0 saturated carbocycles. The number of piperazine rings is 1.